The van der Waals surface area contributed by atoms with Gasteiger partial charge in [0.25, 0.3) is 11.8 Å². The van der Waals surface area contributed by atoms with E-state index in [4.69, 9.17) is 18.9 Å². The highest BCUT2D eigenvalue weighted by molar-refractivity contribution is 6.05. The molecule has 3 saturated heterocycles. The summed E-state index contributed by atoms with van der Waals surface area (Å²) in [6.07, 6.45) is 3.43. The molecule has 17 heteroatoms. The predicted molar refractivity (Wildman–Crippen MR) is 258 cm³/mol. The van der Waals surface area contributed by atoms with Gasteiger partial charge in [-0.05, 0) is 70.5 Å². The molecule has 6 amide bonds. The van der Waals surface area contributed by atoms with E-state index < -0.39 is 71.2 Å². The van der Waals surface area contributed by atoms with Crippen molar-refractivity contribution in [2.45, 2.75) is 101 Å². The van der Waals surface area contributed by atoms with Crippen LogP contribution in [0.2, 0.25) is 0 Å². The normalized spacial score (nSPS) is 19.2. The molecule has 0 unspecified atom stereocenters. The van der Waals surface area contributed by atoms with E-state index in [1.54, 1.807) is 60.7 Å². The van der Waals surface area contributed by atoms with Crippen LogP contribution in [-0.2, 0) is 48.3 Å². The summed E-state index contributed by atoms with van der Waals surface area (Å²) >= 11 is 0. The van der Waals surface area contributed by atoms with Gasteiger partial charge in [0.2, 0.25) is 11.8 Å². The third kappa shape index (κ3) is 9.99. The van der Waals surface area contributed by atoms with Crippen molar-refractivity contribution < 1.29 is 52.5 Å². The number of carbonyl (C=O) groups is 7. The number of rotatable bonds is 16. The maximum absolute atomic E-state index is 14.6. The Morgan fingerprint density at radius 1 is 0.657 bits per heavy atom. The van der Waals surface area contributed by atoms with Crippen LogP contribution in [0.4, 0.5) is 21.0 Å². The fraction of sp³-hybridized carbons (Fsp3) is 0.415. The van der Waals surface area contributed by atoms with Crippen LogP contribution in [0.5, 0.6) is 0 Å². The van der Waals surface area contributed by atoms with Crippen molar-refractivity contribution in [3.05, 3.63) is 119 Å². The molecule has 4 aromatic carbocycles. The molecule has 70 heavy (non-hydrogen) atoms. The topological polar surface area (TPSA) is 211 Å². The number of carbonyl (C=O) groups excluding carboxylic acids is 7. The van der Waals surface area contributed by atoms with Gasteiger partial charge in [0, 0.05) is 29.6 Å². The molecule has 0 radical (unpaired) electrons. The van der Waals surface area contributed by atoms with Crippen LogP contribution < -0.4 is 21.3 Å². The molecule has 4 aromatic rings. The number of amides is 6. The van der Waals surface area contributed by atoms with E-state index in [0.29, 0.717) is 35.7 Å². The number of ketones is 1. The highest BCUT2D eigenvalue weighted by Gasteiger charge is 2.54. The summed E-state index contributed by atoms with van der Waals surface area (Å²) in [6, 6.07) is 24.4. The van der Waals surface area contributed by atoms with Gasteiger partial charge in [-0.2, -0.15) is 0 Å². The Hall–Kier alpha value is -7.11. The number of methoxy groups -OCH3 is 2. The lowest BCUT2D eigenvalue weighted by Gasteiger charge is -2.33. The number of unbranched alkanes of at least 4 members (excludes halogenated alkanes) is 2. The molecule has 8 rings (SSSR count). The minimum Gasteiger partial charge on any atom is -0.453 e. The van der Waals surface area contributed by atoms with Crippen LogP contribution in [-0.4, -0.2) is 110 Å². The average Bonchev–Trinajstić information content (AvgIpc) is 4.17. The smallest absolute Gasteiger partial charge is 0.407 e. The van der Waals surface area contributed by atoms with Gasteiger partial charge in [-0.15, -0.1) is 0 Å². The first kappa shape index (κ1) is 49.3. The molecule has 0 bridgehead atoms. The molecule has 4 atom stereocenters. The summed E-state index contributed by atoms with van der Waals surface area (Å²) in [6.45, 7) is 4.56. The minimum absolute atomic E-state index is 0.0299. The van der Waals surface area contributed by atoms with Crippen LogP contribution in [0.3, 0.4) is 0 Å². The van der Waals surface area contributed by atoms with Gasteiger partial charge in [0.1, 0.15) is 24.2 Å². The van der Waals surface area contributed by atoms with Crippen molar-refractivity contribution in [1.82, 2.24) is 20.4 Å². The van der Waals surface area contributed by atoms with Crippen molar-refractivity contribution in [2.24, 2.45) is 0 Å². The monoisotopic (exact) mass is 956 g/mol. The number of Topliss-reactive ketones (excluding diaryl/α,β-unsaturated/α-hetero) is 1. The lowest BCUT2D eigenvalue weighted by atomic mass is 9.70. The summed E-state index contributed by atoms with van der Waals surface area (Å²) in [5.74, 6) is -3.61. The Kier molecular flexibility index (Phi) is 15.0. The van der Waals surface area contributed by atoms with E-state index >= 15 is 0 Å². The number of anilines is 2. The predicted octanol–water partition coefficient (Wildman–Crippen LogP) is 6.92. The van der Waals surface area contributed by atoms with E-state index in [1.165, 1.54) is 24.0 Å². The Bertz CT molecular complexity index is 2610. The number of fused-ring (bicyclic) bond motifs is 3. The zero-order valence-corrected chi connectivity index (χ0v) is 39.9. The van der Waals surface area contributed by atoms with Crippen molar-refractivity contribution in [3.63, 3.8) is 0 Å². The van der Waals surface area contributed by atoms with Gasteiger partial charge in [-0.1, -0.05) is 112 Å². The first-order chi connectivity index (χ1) is 33.8. The number of likely N-dealkylation sites (tertiary alicyclic amines) is 2. The third-order valence-corrected chi connectivity index (χ3v) is 13.9. The van der Waals surface area contributed by atoms with Crippen LogP contribution >= 0.6 is 0 Å². The maximum atomic E-state index is 14.6. The molecular weight excluding hydrogens is 897 g/mol. The van der Waals surface area contributed by atoms with Gasteiger partial charge in [0.15, 0.2) is 11.6 Å². The fourth-order valence-corrected chi connectivity index (χ4v) is 10.4. The highest BCUT2D eigenvalue weighted by atomic mass is 16.7. The second kappa shape index (κ2) is 21.3. The SMILES string of the molecule is CCCCC1(CCCC)c2cc(NC(=O)[C@@H]3CC(=O)CN3C(=O)[C@H](NC(=O)OC)c3ccccc3)ccc2-c2ccc(NC(=O)[C@@H]3CC4(CN3C(=O)[C@H](NC(=O)OC)c3ccccc3)OCCO4)cc21. The van der Waals surface area contributed by atoms with Crippen LogP contribution in [0, 0.1) is 0 Å². The van der Waals surface area contributed by atoms with E-state index in [1.807, 2.05) is 36.4 Å². The number of hydrogen-bond donors (Lipinski definition) is 4. The molecule has 3 aliphatic heterocycles. The number of nitrogens with one attached hydrogen (secondary N) is 4. The zero-order chi connectivity index (χ0) is 49.6. The van der Waals surface area contributed by atoms with E-state index in [2.05, 4.69) is 35.1 Å². The Balaban J connectivity index is 1.07. The van der Waals surface area contributed by atoms with Crippen LogP contribution in [0.15, 0.2) is 97.1 Å². The Labute approximate surface area is 406 Å². The van der Waals surface area contributed by atoms with Crippen molar-refractivity contribution >= 4 is 53.0 Å². The fourth-order valence-electron chi connectivity index (χ4n) is 10.4. The van der Waals surface area contributed by atoms with Gasteiger partial charge >= 0.3 is 12.2 Å². The summed E-state index contributed by atoms with van der Waals surface area (Å²) in [5, 5.41) is 11.4. The van der Waals surface area contributed by atoms with Crippen LogP contribution in [0.25, 0.3) is 11.1 Å². The molecule has 1 spiro atoms. The number of hydrogen-bond acceptors (Lipinski definition) is 11. The number of ether oxygens (including phenoxy) is 4. The molecular formula is C53H60N6O11. The molecule has 3 heterocycles. The minimum atomic E-state index is -1.20. The lowest BCUT2D eigenvalue weighted by molar-refractivity contribution is -0.153. The average molecular weight is 957 g/mol. The molecule has 0 aromatic heterocycles. The molecule has 368 valence electrons. The van der Waals surface area contributed by atoms with Crippen molar-refractivity contribution in [1.29, 1.82) is 0 Å². The standard InChI is InChI=1S/C53H60N6O11/c1-5-7-23-52(24-8-6-2)40-27-35(54-46(61)42-29-37(60)31-58(42)48(63)44(56-50(65)67-3)33-15-11-9-12-16-33)19-21-38(40)39-22-20-36(28-41(39)52)55-47(62)43-30-53(69-25-26-70-53)32-59(43)49(64)45(57-51(66)68-4)34-17-13-10-14-18-34/h9-22,27-28,42-45H,5-8,23-26,29-32H2,1-4H3,(H,54,61)(H,55,62)(H,56,65)(H,57,66)/t42-,43-,44+,45+/m0/s1. The van der Waals surface area contributed by atoms with Crippen LogP contribution in [0.1, 0.15) is 99.6 Å². The molecule has 4 aliphatic rings. The number of alkyl carbamates (subject to hydrolysis) is 2. The van der Waals surface area contributed by atoms with Crippen molar-refractivity contribution in [3.8, 4) is 11.1 Å². The number of nitrogens with zero attached hydrogens (tertiary/aromatic N) is 2. The van der Waals surface area contributed by atoms with Gasteiger partial charge in [-0.25, -0.2) is 9.59 Å². The molecule has 0 saturated carbocycles. The molecule has 3 fully saturated rings. The van der Waals surface area contributed by atoms with Gasteiger partial charge < -0.3 is 50.0 Å². The molecule has 1 aliphatic carbocycles. The summed E-state index contributed by atoms with van der Waals surface area (Å²) in [5.41, 5.74) is 5.50. The quantitative estimate of drug-likeness (QED) is 0.0906. The second-order valence-electron chi connectivity index (χ2n) is 18.3. The molecule has 17 nitrogen and oxygen atoms in total. The van der Waals surface area contributed by atoms with E-state index in [0.717, 1.165) is 60.8 Å². The first-order valence-corrected chi connectivity index (χ1v) is 23.9. The maximum Gasteiger partial charge on any atom is 0.407 e. The summed E-state index contributed by atoms with van der Waals surface area (Å²) in [4.78, 5) is 98.0. The van der Waals surface area contributed by atoms with E-state index in [-0.39, 0.29) is 31.7 Å². The number of benzene rings is 4. The van der Waals surface area contributed by atoms with Gasteiger partial charge in [-0.3, -0.25) is 24.0 Å². The Morgan fingerprint density at radius 3 is 1.60 bits per heavy atom. The highest BCUT2D eigenvalue weighted by Crippen LogP contribution is 2.55. The lowest BCUT2D eigenvalue weighted by Crippen LogP contribution is -2.49. The van der Waals surface area contributed by atoms with Gasteiger partial charge in [0.05, 0.1) is 40.5 Å². The molecule has 4 N–H and O–H groups in total. The Morgan fingerprint density at radius 2 is 1.13 bits per heavy atom. The van der Waals surface area contributed by atoms with E-state index in [9.17, 15) is 33.6 Å². The third-order valence-electron chi connectivity index (χ3n) is 13.9. The summed E-state index contributed by atoms with van der Waals surface area (Å²) in [7, 11) is 2.40. The van der Waals surface area contributed by atoms with Crippen molar-refractivity contribution in [2.75, 3.05) is 51.2 Å². The largest absolute Gasteiger partial charge is 0.453 e. The summed E-state index contributed by atoms with van der Waals surface area (Å²) < 4.78 is 21.8. The first-order valence-electron chi connectivity index (χ1n) is 23.9. The second-order valence-corrected chi connectivity index (χ2v) is 18.3. The zero-order valence-electron chi connectivity index (χ0n) is 39.9.